The predicted molar refractivity (Wildman–Crippen MR) is 68.8 cm³/mol. The normalized spacial score (nSPS) is 13.2. The van der Waals surface area contributed by atoms with Gasteiger partial charge in [0.1, 0.15) is 0 Å². The van der Waals surface area contributed by atoms with Crippen molar-refractivity contribution in [3.8, 4) is 0 Å². The largest absolute Gasteiger partial charge is 0.459 e. The minimum absolute atomic E-state index is 0.0954. The van der Waals surface area contributed by atoms with E-state index in [1.807, 2.05) is 0 Å². The number of fused-ring (bicyclic) bond motifs is 1. The summed E-state index contributed by atoms with van der Waals surface area (Å²) in [5, 5.41) is 2.95. The molecule has 1 aromatic rings. The number of imide groups is 1. The van der Waals surface area contributed by atoms with Crippen molar-refractivity contribution in [2.45, 2.75) is 13.3 Å². The molecule has 0 atom stereocenters. The third kappa shape index (κ3) is 2.29. The summed E-state index contributed by atoms with van der Waals surface area (Å²) in [4.78, 5) is 36.0. The van der Waals surface area contributed by atoms with Gasteiger partial charge in [-0.25, -0.2) is 9.69 Å². The average molecular weight is 262 g/mol. The van der Waals surface area contributed by atoms with Crippen molar-refractivity contribution in [2.75, 3.05) is 23.9 Å². The first-order valence-electron chi connectivity index (χ1n) is 5.93. The molecule has 1 N–H and O–H groups in total. The molecule has 0 saturated heterocycles. The van der Waals surface area contributed by atoms with Crippen molar-refractivity contribution < 1.29 is 19.1 Å². The van der Waals surface area contributed by atoms with Crippen LogP contribution in [0, 0.1) is 0 Å². The molecule has 1 heterocycles. The second-order valence-corrected chi connectivity index (χ2v) is 4.03. The lowest BCUT2D eigenvalue weighted by Crippen LogP contribution is -2.39. The molecule has 0 aliphatic carbocycles. The molecule has 0 fully saturated rings. The predicted octanol–water partition coefficient (Wildman–Crippen LogP) is 0.707. The summed E-state index contributed by atoms with van der Waals surface area (Å²) in [7, 11) is 1.76. The van der Waals surface area contributed by atoms with Crippen LogP contribution in [0.25, 0.3) is 0 Å². The van der Waals surface area contributed by atoms with Crippen LogP contribution in [0.1, 0.15) is 12.5 Å². The number of amides is 2. The Morgan fingerprint density at radius 1 is 1.42 bits per heavy atom. The molecule has 0 bridgehead atoms. The summed E-state index contributed by atoms with van der Waals surface area (Å²) in [6, 6.07) is 5.16. The van der Waals surface area contributed by atoms with E-state index in [-0.39, 0.29) is 13.0 Å². The Kier molecular flexibility index (Phi) is 3.50. The van der Waals surface area contributed by atoms with Gasteiger partial charge >= 0.3 is 11.9 Å². The van der Waals surface area contributed by atoms with Gasteiger partial charge in [0.2, 0.25) is 5.91 Å². The molecule has 1 aromatic carbocycles. The van der Waals surface area contributed by atoms with Crippen LogP contribution in [0.3, 0.4) is 0 Å². The monoisotopic (exact) mass is 262 g/mol. The number of carbonyl (C=O) groups excluding carboxylic acids is 3. The summed E-state index contributed by atoms with van der Waals surface area (Å²) in [6.45, 7) is 1.70. The second kappa shape index (κ2) is 5.09. The number of nitrogens with one attached hydrogen (secondary N) is 1. The van der Waals surface area contributed by atoms with Crippen molar-refractivity contribution >= 4 is 29.2 Å². The fraction of sp³-hybridized carbons (Fsp3) is 0.308. The maximum Gasteiger partial charge on any atom is 0.397 e. The molecule has 0 spiro atoms. The Morgan fingerprint density at radius 3 is 2.79 bits per heavy atom. The maximum absolute atomic E-state index is 11.9. The van der Waals surface area contributed by atoms with Gasteiger partial charge in [-0.3, -0.25) is 9.59 Å². The highest BCUT2D eigenvalue weighted by Gasteiger charge is 2.36. The second-order valence-electron chi connectivity index (χ2n) is 4.03. The van der Waals surface area contributed by atoms with E-state index in [2.05, 4.69) is 10.1 Å². The van der Waals surface area contributed by atoms with Crippen molar-refractivity contribution in [1.29, 1.82) is 0 Å². The summed E-state index contributed by atoms with van der Waals surface area (Å²) < 4.78 is 4.63. The van der Waals surface area contributed by atoms with Crippen LogP contribution in [-0.2, 0) is 25.5 Å². The minimum Gasteiger partial charge on any atom is -0.459 e. The highest BCUT2D eigenvalue weighted by Crippen LogP contribution is 2.31. The number of hydrogen-bond acceptors (Lipinski definition) is 5. The van der Waals surface area contributed by atoms with Gasteiger partial charge in [-0.2, -0.15) is 0 Å². The van der Waals surface area contributed by atoms with Gasteiger partial charge in [0.25, 0.3) is 0 Å². The third-order valence-electron chi connectivity index (χ3n) is 2.85. The lowest BCUT2D eigenvalue weighted by atomic mass is 10.1. The number of benzene rings is 1. The minimum atomic E-state index is -1.01. The topological polar surface area (TPSA) is 75.7 Å². The Hall–Kier alpha value is -2.37. The smallest absolute Gasteiger partial charge is 0.397 e. The van der Waals surface area contributed by atoms with Crippen LogP contribution in [-0.4, -0.2) is 31.4 Å². The zero-order valence-corrected chi connectivity index (χ0v) is 10.7. The molecule has 0 radical (unpaired) electrons. The van der Waals surface area contributed by atoms with Crippen LogP contribution in [0.2, 0.25) is 0 Å². The van der Waals surface area contributed by atoms with Gasteiger partial charge in [-0.1, -0.05) is 0 Å². The summed E-state index contributed by atoms with van der Waals surface area (Å²) >= 11 is 0. The van der Waals surface area contributed by atoms with E-state index in [9.17, 15) is 14.4 Å². The SMILES string of the molecule is CCOC(=O)C(=O)N1C(=O)Cc2cc(NC)ccc21. The van der Waals surface area contributed by atoms with Gasteiger partial charge in [-0.15, -0.1) is 0 Å². The highest BCUT2D eigenvalue weighted by atomic mass is 16.5. The molecule has 0 unspecified atom stereocenters. The molecule has 2 rings (SSSR count). The van der Waals surface area contributed by atoms with E-state index in [0.29, 0.717) is 5.69 Å². The van der Waals surface area contributed by atoms with Gasteiger partial charge < -0.3 is 10.1 Å². The standard InChI is InChI=1S/C13H14N2O4/c1-3-19-13(18)12(17)15-10-5-4-9(14-2)6-8(10)7-11(15)16/h4-6,14H,3,7H2,1-2H3. The fourth-order valence-electron chi connectivity index (χ4n) is 1.98. The van der Waals surface area contributed by atoms with Crippen molar-refractivity contribution in [2.24, 2.45) is 0 Å². The van der Waals surface area contributed by atoms with E-state index in [0.717, 1.165) is 16.2 Å². The summed E-state index contributed by atoms with van der Waals surface area (Å²) in [5.41, 5.74) is 2.01. The van der Waals surface area contributed by atoms with Crippen LogP contribution >= 0.6 is 0 Å². The first-order valence-corrected chi connectivity index (χ1v) is 5.93. The molecule has 0 aromatic heterocycles. The number of rotatable bonds is 2. The number of esters is 1. The molecule has 0 saturated carbocycles. The molecular formula is C13H14N2O4. The van der Waals surface area contributed by atoms with Crippen molar-refractivity contribution in [1.82, 2.24) is 0 Å². The molecule has 19 heavy (non-hydrogen) atoms. The molecular weight excluding hydrogens is 248 g/mol. The molecule has 100 valence electrons. The molecule has 6 heteroatoms. The maximum atomic E-state index is 11.9. The van der Waals surface area contributed by atoms with Crippen LogP contribution in [0.15, 0.2) is 18.2 Å². The highest BCUT2D eigenvalue weighted by molar-refractivity contribution is 6.44. The Morgan fingerprint density at radius 2 is 2.16 bits per heavy atom. The molecule has 1 aliphatic heterocycles. The molecule has 6 nitrogen and oxygen atoms in total. The first kappa shape index (κ1) is 13.1. The Labute approximate surface area is 110 Å². The Bertz CT molecular complexity index is 554. The van der Waals surface area contributed by atoms with Crippen LogP contribution in [0.4, 0.5) is 11.4 Å². The van der Waals surface area contributed by atoms with E-state index in [1.54, 1.807) is 32.2 Å². The summed E-state index contributed by atoms with van der Waals surface area (Å²) in [6.07, 6.45) is 0.107. The number of hydrogen-bond donors (Lipinski definition) is 1. The van der Waals surface area contributed by atoms with Crippen molar-refractivity contribution in [3.05, 3.63) is 23.8 Å². The first-order chi connectivity index (χ1) is 9.08. The summed E-state index contributed by atoms with van der Waals surface area (Å²) in [5.74, 6) is -2.37. The van der Waals surface area contributed by atoms with Crippen LogP contribution < -0.4 is 10.2 Å². The van der Waals surface area contributed by atoms with E-state index in [4.69, 9.17) is 0 Å². The van der Waals surface area contributed by atoms with Gasteiger partial charge in [0, 0.05) is 12.7 Å². The zero-order chi connectivity index (χ0) is 14.0. The van der Waals surface area contributed by atoms with Crippen molar-refractivity contribution in [3.63, 3.8) is 0 Å². The third-order valence-corrected chi connectivity index (χ3v) is 2.85. The van der Waals surface area contributed by atoms with Gasteiger partial charge in [0.15, 0.2) is 0 Å². The van der Waals surface area contributed by atoms with E-state index in [1.165, 1.54) is 0 Å². The lowest BCUT2D eigenvalue weighted by Gasteiger charge is -2.14. The van der Waals surface area contributed by atoms with E-state index >= 15 is 0 Å². The fourth-order valence-corrected chi connectivity index (χ4v) is 1.98. The van der Waals surface area contributed by atoms with Crippen LogP contribution in [0.5, 0.6) is 0 Å². The zero-order valence-electron chi connectivity index (χ0n) is 10.7. The quantitative estimate of drug-likeness (QED) is 0.627. The number of anilines is 2. The average Bonchev–Trinajstić information content (AvgIpc) is 2.72. The number of ether oxygens (including phenoxy) is 1. The lowest BCUT2D eigenvalue weighted by molar-refractivity contribution is -0.154. The molecule has 1 aliphatic rings. The Balaban J connectivity index is 2.32. The van der Waals surface area contributed by atoms with Gasteiger partial charge in [-0.05, 0) is 30.7 Å². The van der Waals surface area contributed by atoms with Gasteiger partial charge in [0.05, 0.1) is 18.7 Å². The number of nitrogens with zero attached hydrogens (tertiary/aromatic N) is 1. The molecule has 2 amide bonds. The number of carbonyl (C=O) groups is 3. The van der Waals surface area contributed by atoms with E-state index < -0.39 is 17.8 Å².